The fraction of sp³-hybridized carbons (Fsp3) is 0.429. The molecule has 0 bridgehead atoms. The largest absolute Gasteiger partial charge is 0.507 e. The number of hydrogen-bond donors (Lipinski definition) is 1. The second-order valence-corrected chi connectivity index (χ2v) is 9.80. The number of Topliss-reactive ketones (excluding diaryl/α,β-unsaturated/α-hetero) is 1. The highest BCUT2D eigenvalue weighted by atomic mass is 16.6. The van der Waals surface area contributed by atoms with Gasteiger partial charge < -0.3 is 19.5 Å². The van der Waals surface area contributed by atoms with E-state index in [4.69, 9.17) is 9.47 Å². The van der Waals surface area contributed by atoms with Crippen LogP contribution in [-0.2, 0) is 14.3 Å². The van der Waals surface area contributed by atoms with Crippen molar-refractivity contribution in [3.63, 3.8) is 0 Å². The molecule has 0 saturated carbocycles. The molecule has 0 unspecified atom stereocenters. The molecular weight excluding hydrogens is 490 g/mol. The van der Waals surface area contributed by atoms with E-state index in [1.807, 2.05) is 20.8 Å². The van der Waals surface area contributed by atoms with Crippen LogP contribution in [0.2, 0.25) is 0 Å². The molecule has 2 saturated heterocycles. The number of amides is 1. The van der Waals surface area contributed by atoms with Crippen molar-refractivity contribution < 1.29 is 29.1 Å². The first-order chi connectivity index (χ1) is 18.2. The fourth-order valence-corrected chi connectivity index (χ4v) is 4.86. The summed E-state index contributed by atoms with van der Waals surface area (Å²) in [6.07, 6.45) is 0.592. The van der Waals surface area contributed by atoms with Gasteiger partial charge in [0, 0.05) is 43.9 Å². The first-order valence-corrected chi connectivity index (χ1v) is 12.8. The predicted octanol–water partition coefficient (Wildman–Crippen LogP) is 3.83. The molecule has 2 aliphatic heterocycles. The van der Waals surface area contributed by atoms with E-state index < -0.39 is 22.7 Å². The van der Waals surface area contributed by atoms with Gasteiger partial charge in [0.15, 0.2) is 0 Å². The van der Waals surface area contributed by atoms with Crippen molar-refractivity contribution in [2.75, 3.05) is 39.4 Å². The van der Waals surface area contributed by atoms with E-state index >= 15 is 0 Å². The van der Waals surface area contributed by atoms with Gasteiger partial charge in [0.25, 0.3) is 17.4 Å². The zero-order valence-electron chi connectivity index (χ0n) is 21.9. The number of hydrogen-bond acceptors (Lipinski definition) is 8. The monoisotopic (exact) mass is 523 g/mol. The standard InChI is InChI=1S/C28H33N3O7/c1-18(2)38-23-10-7-21(17-19(23)3)26(32)24-25(20-5-8-22(9-6-20)31(35)36)30(28(34)27(24)33)12-4-11-29-13-15-37-16-14-29/h5-10,17-18,25,32H,4,11-16H2,1-3H3/t25-/m0/s1. The van der Waals surface area contributed by atoms with Crippen LogP contribution in [-0.4, -0.2) is 77.0 Å². The molecule has 2 fully saturated rings. The maximum atomic E-state index is 13.3. The number of aliphatic hydroxyl groups is 1. The van der Waals surface area contributed by atoms with Crippen LogP contribution in [0.4, 0.5) is 5.69 Å². The minimum atomic E-state index is -0.868. The van der Waals surface area contributed by atoms with E-state index in [1.165, 1.54) is 29.2 Å². The highest BCUT2D eigenvalue weighted by Gasteiger charge is 2.46. The van der Waals surface area contributed by atoms with Crippen LogP contribution < -0.4 is 4.74 Å². The summed E-state index contributed by atoms with van der Waals surface area (Å²) in [7, 11) is 0. The molecule has 2 aromatic carbocycles. The molecule has 10 heteroatoms. The summed E-state index contributed by atoms with van der Waals surface area (Å²) in [5.41, 5.74) is 1.53. The molecule has 1 atom stereocenters. The Labute approximate surface area is 221 Å². The Kier molecular flexibility index (Phi) is 8.43. The molecule has 0 aromatic heterocycles. The zero-order chi connectivity index (χ0) is 27.4. The maximum absolute atomic E-state index is 13.3. The molecule has 4 rings (SSSR count). The van der Waals surface area contributed by atoms with E-state index in [0.29, 0.717) is 43.1 Å². The molecule has 2 heterocycles. The third-order valence-corrected chi connectivity index (χ3v) is 6.75. The van der Waals surface area contributed by atoms with E-state index in [2.05, 4.69) is 4.90 Å². The minimum Gasteiger partial charge on any atom is -0.507 e. The molecule has 10 nitrogen and oxygen atoms in total. The molecule has 0 radical (unpaired) electrons. The summed E-state index contributed by atoms with van der Waals surface area (Å²) >= 11 is 0. The van der Waals surface area contributed by atoms with Gasteiger partial charge in [-0.15, -0.1) is 0 Å². The predicted molar refractivity (Wildman–Crippen MR) is 141 cm³/mol. The molecule has 0 aliphatic carbocycles. The minimum absolute atomic E-state index is 0.0296. The molecule has 2 aliphatic rings. The summed E-state index contributed by atoms with van der Waals surface area (Å²) in [4.78, 5) is 40.9. The highest BCUT2D eigenvalue weighted by molar-refractivity contribution is 6.46. The Balaban J connectivity index is 1.69. The van der Waals surface area contributed by atoms with Crippen LogP contribution in [0.25, 0.3) is 5.76 Å². The van der Waals surface area contributed by atoms with Crippen LogP contribution in [0.5, 0.6) is 5.75 Å². The summed E-state index contributed by atoms with van der Waals surface area (Å²) in [6.45, 7) is 9.63. The number of aryl methyl sites for hydroxylation is 1. The molecule has 1 amide bonds. The van der Waals surface area contributed by atoms with E-state index in [9.17, 15) is 24.8 Å². The maximum Gasteiger partial charge on any atom is 0.295 e. The molecular formula is C28H33N3O7. The number of carbonyl (C=O) groups excluding carboxylic acids is 2. The number of morpholine rings is 1. The van der Waals surface area contributed by atoms with Crippen molar-refractivity contribution in [2.45, 2.75) is 39.3 Å². The Morgan fingerprint density at radius 3 is 2.42 bits per heavy atom. The fourth-order valence-electron chi connectivity index (χ4n) is 4.86. The van der Waals surface area contributed by atoms with Gasteiger partial charge in [-0.05, 0) is 68.7 Å². The number of likely N-dealkylation sites (tertiary alicyclic amines) is 1. The van der Waals surface area contributed by atoms with Crippen molar-refractivity contribution in [3.8, 4) is 5.75 Å². The van der Waals surface area contributed by atoms with Crippen LogP contribution in [0, 0.1) is 17.0 Å². The first kappa shape index (κ1) is 27.3. The van der Waals surface area contributed by atoms with Gasteiger partial charge in [-0.3, -0.25) is 24.6 Å². The molecule has 38 heavy (non-hydrogen) atoms. The van der Waals surface area contributed by atoms with E-state index in [-0.39, 0.29) is 23.1 Å². The van der Waals surface area contributed by atoms with Gasteiger partial charge in [0.05, 0.1) is 35.9 Å². The van der Waals surface area contributed by atoms with Crippen molar-refractivity contribution in [3.05, 3.63) is 74.8 Å². The van der Waals surface area contributed by atoms with Crippen molar-refractivity contribution in [2.24, 2.45) is 0 Å². The van der Waals surface area contributed by atoms with E-state index in [1.54, 1.807) is 18.2 Å². The number of non-ortho nitro benzene ring substituents is 1. The van der Waals surface area contributed by atoms with Crippen LogP contribution in [0.1, 0.15) is 43.0 Å². The third kappa shape index (κ3) is 5.87. The van der Waals surface area contributed by atoms with Gasteiger partial charge in [0.2, 0.25) is 0 Å². The van der Waals surface area contributed by atoms with Crippen LogP contribution in [0.3, 0.4) is 0 Å². The average molecular weight is 524 g/mol. The Morgan fingerprint density at radius 1 is 1.13 bits per heavy atom. The summed E-state index contributed by atoms with van der Waals surface area (Å²) in [6, 6.07) is 9.96. The lowest BCUT2D eigenvalue weighted by molar-refractivity contribution is -0.384. The number of nitro benzene ring substituents is 1. The lowest BCUT2D eigenvalue weighted by Gasteiger charge is -2.29. The summed E-state index contributed by atoms with van der Waals surface area (Å²) in [5, 5.41) is 22.5. The smallest absolute Gasteiger partial charge is 0.295 e. The zero-order valence-corrected chi connectivity index (χ0v) is 21.9. The van der Waals surface area contributed by atoms with Crippen molar-refractivity contribution in [1.82, 2.24) is 9.80 Å². The van der Waals surface area contributed by atoms with Gasteiger partial charge in [-0.1, -0.05) is 0 Å². The second kappa shape index (κ2) is 11.7. The lowest BCUT2D eigenvalue weighted by atomic mass is 9.94. The van der Waals surface area contributed by atoms with Gasteiger partial charge >= 0.3 is 0 Å². The number of ether oxygens (including phenoxy) is 2. The number of aliphatic hydroxyl groups excluding tert-OH is 1. The van der Waals surface area contributed by atoms with Gasteiger partial charge in [0.1, 0.15) is 11.5 Å². The average Bonchev–Trinajstić information content (AvgIpc) is 3.15. The Morgan fingerprint density at radius 2 is 1.82 bits per heavy atom. The van der Waals surface area contributed by atoms with Gasteiger partial charge in [-0.2, -0.15) is 0 Å². The number of rotatable bonds is 9. The SMILES string of the molecule is Cc1cc(C(O)=C2C(=O)C(=O)N(CCCN3CCOCC3)[C@H]2c2ccc([N+](=O)[O-])cc2)ccc1OC(C)C. The Hall–Kier alpha value is -3.76. The van der Waals surface area contributed by atoms with Crippen LogP contribution in [0.15, 0.2) is 48.0 Å². The number of ketones is 1. The topological polar surface area (TPSA) is 122 Å². The number of carbonyl (C=O) groups is 2. The van der Waals surface area contributed by atoms with Crippen molar-refractivity contribution >= 4 is 23.1 Å². The lowest BCUT2D eigenvalue weighted by Crippen LogP contribution is -2.38. The third-order valence-electron chi connectivity index (χ3n) is 6.75. The highest BCUT2D eigenvalue weighted by Crippen LogP contribution is 2.40. The normalized spacial score (nSPS) is 19.8. The van der Waals surface area contributed by atoms with E-state index in [0.717, 1.165) is 25.2 Å². The number of nitro groups is 1. The first-order valence-electron chi connectivity index (χ1n) is 12.8. The molecule has 202 valence electrons. The van der Waals surface area contributed by atoms with Crippen LogP contribution >= 0.6 is 0 Å². The summed E-state index contributed by atoms with van der Waals surface area (Å²) in [5.74, 6) is -1.11. The van der Waals surface area contributed by atoms with Crippen molar-refractivity contribution in [1.29, 1.82) is 0 Å². The quantitative estimate of drug-likeness (QED) is 0.173. The second-order valence-electron chi connectivity index (χ2n) is 9.80. The van der Waals surface area contributed by atoms with Gasteiger partial charge in [-0.25, -0.2) is 0 Å². The molecule has 0 spiro atoms. The molecule has 2 aromatic rings. The number of benzene rings is 2. The Bertz CT molecular complexity index is 1230. The molecule has 1 N–H and O–H groups in total. The number of nitrogens with zero attached hydrogens (tertiary/aromatic N) is 3. The summed E-state index contributed by atoms with van der Waals surface area (Å²) < 4.78 is 11.2.